The van der Waals surface area contributed by atoms with E-state index in [1.165, 1.54) is 23.0 Å². The molecule has 3 aliphatic heterocycles. The van der Waals surface area contributed by atoms with Crippen molar-refractivity contribution in [3.8, 4) is 0 Å². The molecule has 1 atom stereocenters. The molecule has 3 fully saturated rings. The quantitative estimate of drug-likeness (QED) is 0.408. The van der Waals surface area contributed by atoms with Gasteiger partial charge in [-0.3, -0.25) is 4.90 Å². The van der Waals surface area contributed by atoms with E-state index in [1.54, 1.807) is 23.1 Å². The number of quaternary nitrogens is 1. The summed E-state index contributed by atoms with van der Waals surface area (Å²) in [5, 5.41) is 2.70. The van der Waals surface area contributed by atoms with Crippen LogP contribution in [0.2, 0.25) is 0 Å². The Kier molecular flexibility index (Phi) is 6.47. The number of ether oxygens (including phenoxy) is 1. The van der Waals surface area contributed by atoms with Crippen molar-refractivity contribution in [2.45, 2.75) is 31.9 Å². The van der Waals surface area contributed by atoms with Crippen LogP contribution in [0.1, 0.15) is 24.0 Å². The molecule has 0 radical (unpaired) electrons. The number of carbonyl (C=O) groups excluding carboxylic acids is 1. The number of halogens is 1. The highest BCUT2D eigenvalue weighted by Gasteiger charge is 2.47. The minimum atomic E-state index is -0.374. The molecule has 3 aromatic rings. The third-order valence-corrected chi connectivity index (χ3v) is 8.18. The van der Waals surface area contributed by atoms with Crippen molar-refractivity contribution >= 4 is 22.4 Å². The van der Waals surface area contributed by atoms with E-state index in [0.717, 1.165) is 54.9 Å². The maximum Gasteiger partial charge on any atom is 0.415 e. The number of thiophene rings is 1. The number of amides is 1. The van der Waals surface area contributed by atoms with Crippen molar-refractivity contribution < 1.29 is 18.4 Å². The Morgan fingerprint density at radius 2 is 1.79 bits per heavy atom. The zero-order chi connectivity index (χ0) is 22.7. The monoisotopic (exact) mass is 465 g/mol. The van der Waals surface area contributed by atoms with Gasteiger partial charge in [0.25, 0.3) is 0 Å². The number of piperidine rings is 3. The van der Waals surface area contributed by atoms with Crippen LogP contribution in [-0.2, 0) is 17.7 Å². The molecule has 172 valence electrons. The first kappa shape index (κ1) is 22.1. The largest absolute Gasteiger partial charge is 0.439 e. The van der Waals surface area contributed by atoms with E-state index in [2.05, 4.69) is 30.3 Å². The van der Waals surface area contributed by atoms with Crippen molar-refractivity contribution in [3.05, 3.63) is 89.1 Å². The second kappa shape index (κ2) is 9.65. The van der Waals surface area contributed by atoms with E-state index in [4.69, 9.17) is 4.74 Å². The summed E-state index contributed by atoms with van der Waals surface area (Å²) in [6.07, 6.45) is 2.78. The molecule has 6 rings (SSSR count). The van der Waals surface area contributed by atoms with Crippen LogP contribution in [0.5, 0.6) is 0 Å². The summed E-state index contributed by atoms with van der Waals surface area (Å²) < 4.78 is 21.5. The lowest BCUT2D eigenvalue weighted by atomic mass is 9.83. The Morgan fingerprint density at radius 1 is 1.03 bits per heavy atom. The molecule has 1 aromatic heterocycles. The van der Waals surface area contributed by atoms with Crippen molar-refractivity contribution in [3.63, 3.8) is 0 Å². The number of fused-ring (bicyclic) bond motifs is 3. The third-order valence-electron chi connectivity index (χ3n) is 7.29. The van der Waals surface area contributed by atoms with E-state index in [-0.39, 0.29) is 24.6 Å². The van der Waals surface area contributed by atoms with E-state index in [0.29, 0.717) is 11.5 Å². The van der Waals surface area contributed by atoms with Gasteiger partial charge in [0.1, 0.15) is 17.4 Å². The van der Waals surface area contributed by atoms with Gasteiger partial charge < -0.3 is 9.22 Å². The van der Waals surface area contributed by atoms with Crippen molar-refractivity contribution in [2.75, 3.05) is 31.1 Å². The average molecular weight is 466 g/mol. The lowest BCUT2D eigenvalue weighted by Crippen LogP contribution is -2.65. The summed E-state index contributed by atoms with van der Waals surface area (Å²) in [5.74, 6) is 0.115. The predicted octanol–water partition coefficient (Wildman–Crippen LogP) is 5.88. The van der Waals surface area contributed by atoms with E-state index < -0.39 is 0 Å². The van der Waals surface area contributed by atoms with Crippen molar-refractivity contribution in [2.24, 2.45) is 5.92 Å². The molecule has 4 nitrogen and oxygen atoms in total. The lowest BCUT2D eigenvalue weighted by Gasteiger charge is -2.52. The fourth-order valence-corrected chi connectivity index (χ4v) is 6.05. The van der Waals surface area contributed by atoms with Crippen LogP contribution in [0.4, 0.5) is 14.2 Å². The van der Waals surface area contributed by atoms with Gasteiger partial charge in [-0.05, 0) is 29.1 Å². The van der Waals surface area contributed by atoms with Gasteiger partial charge in [0.2, 0.25) is 0 Å². The van der Waals surface area contributed by atoms with Gasteiger partial charge in [-0.25, -0.2) is 9.18 Å². The molecular formula is C27H30FN2O2S+. The molecule has 0 saturated carbocycles. The summed E-state index contributed by atoms with van der Waals surface area (Å²) >= 11 is 1.47. The molecule has 2 bridgehead atoms. The maximum absolute atomic E-state index is 14.3. The third kappa shape index (κ3) is 4.97. The number of hydrogen-bond acceptors (Lipinski definition) is 3. The lowest BCUT2D eigenvalue weighted by molar-refractivity contribution is -0.945. The summed E-state index contributed by atoms with van der Waals surface area (Å²) in [7, 11) is 0. The zero-order valence-corrected chi connectivity index (χ0v) is 19.6. The Morgan fingerprint density at radius 3 is 2.52 bits per heavy atom. The molecule has 33 heavy (non-hydrogen) atoms. The number of benzene rings is 2. The molecule has 1 amide bonds. The van der Waals surface area contributed by atoms with Crippen LogP contribution >= 0.6 is 11.3 Å². The van der Waals surface area contributed by atoms with Gasteiger partial charge >= 0.3 is 6.09 Å². The summed E-state index contributed by atoms with van der Waals surface area (Å²) in [6, 6.07) is 21.0. The molecule has 3 aliphatic rings. The first-order valence-electron chi connectivity index (χ1n) is 11.8. The highest BCUT2D eigenvalue weighted by molar-refractivity contribution is 7.14. The predicted molar refractivity (Wildman–Crippen MR) is 130 cm³/mol. The molecule has 3 saturated heterocycles. The Bertz CT molecular complexity index is 1060. The topological polar surface area (TPSA) is 29.5 Å². The van der Waals surface area contributed by atoms with Crippen molar-refractivity contribution in [1.29, 1.82) is 0 Å². The maximum atomic E-state index is 14.3. The number of nitrogens with zero attached hydrogens (tertiary/aromatic N) is 2. The van der Waals surface area contributed by atoms with Crippen LogP contribution in [-0.4, -0.2) is 42.9 Å². The second-order valence-corrected chi connectivity index (χ2v) is 10.2. The Balaban J connectivity index is 1.28. The first-order valence-corrected chi connectivity index (χ1v) is 12.6. The number of anilines is 1. The number of rotatable bonds is 7. The van der Waals surface area contributed by atoms with E-state index in [1.807, 2.05) is 17.5 Å². The molecule has 2 aromatic carbocycles. The molecule has 0 unspecified atom stereocenters. The van der Waals surface area contributed by atoms with Crippen LogP contribution < -0.4 is 4.90 Å². The van der Waals surface area contributed by atoms with E-state index >= 15 is 0 Å². The van der Waals surface area contributed by atoms with Crippen molar-refractivity contribution in [1.82, 2.24) is 0 Å². The standard InChI is InChI=1S/C27H30FN2O2S/c28-24-10-5-4-9-23(24)19-29(26-11-6-18-33-26)27(31)32-25-20-30(16-13-22(25)14-17-30)15-12-21-7-2-1-3-8-21/h1-11,18,22,25H,12-17,19-20H2/q+1/t22?,25-,30?/m0/s1. The van der Waals surface area contributed by atoms with Gasteiger partial charge in [0.15, 0.2) is 6.10 Å². The number of carbonyl (C=O) groups is 1. The highest BCUT2D eigenvalue weighted by Crippen LogP contribution is 2.36. The SMILES string of the molecule is O=C(O[C@H]1C[N+]2(CCc3ccccc3)CCC1CC2)N(Cc1ccccc1F)c1cccs1. The summed E-state index contributed by atoms with van der Waals surface area (Å²) in [6.45, 7) is 4.44. The minimum Gasteiger partial charge on any atom is -0.439 e. The second-order valence-electron chi connectivity index (χ2n) is 9.32. The van der Waals surface area contributed by atoms with Gasteiger partial charge in [-0.1, -0.05) is 48.5 Å². The summed E-state index contributed by atoms with van der Waals surface area (Å²) in [4.78, 5) is 14.9. The van der Waals surface area contributed by atoms with Gasteiger partial charge in [-0.15, -0.1) is 11.3 Å². The average Bonchev–Trinajstić information content (AvgIpc) is 3.38. The van der Waals surface area contributed by atoms with Gasteiger partial charge in [0, 0.05) is 30.7 Å². The van der Waals surface area contributed by atoms with Crippen LogP contribution in [0.15, 0.2) is 72.1 Å². The molecular weight excluding hydrogens is 435 g/mol. The first-order chi connectivity index (χ1) is 16.1. The minimum absolute atomic E-state index is 0.0844. The number of hydrogen-bond donors (Lipinski definition) is 0. The van der Waals surface area contributed by atoms with Gasteiger partial charge in [-0.2, -0.15) is 0 Å². The van der Waals surface area contributed by atoms with Crippen LogP contribution in [0.25, 0.3) is 0 Å². The highest BCUT2D eigenvalue weighted by atomic mass is 32.1. The van der Waals surface area contributed by atoms with E-state index in [9.17, 15) is 9.18 Å². The summed E-state index contributed by atoms with van der Waals surface area (Å²) in [5.41, 5.74) is 1.85. The fourth-order valence-electron chi connectivity index (χ4n) is 5.33. The van der Waals surface area contributed by atoms with Gasteiger partial charge in [0.05, 0.1) is 26.2 Å². The molecule has 6 heteroatoms. The zero-order valence-electron chi connectivity index (χ0n) is 18.7. The van der Waals surface area contributed by atoms with Crippen LogP contribution in [0, 0.1) is 11.7 Å². The Hall–Kier alpha value is -2.70. The van der Waals surface area contributed by atoms with Crippen LogP contribution in [0.3, 0.4) is 0 Å². The fraction of sp³-hybridized carbons (Fsp3) is 0.370. The normalized spacial score (nSPS) is 23.9. The molecule has 4 heterocycles. The molecule has 0 aliphatic carbocycles. The Labute approximate surface area is 198 Å². The molecule has 0 spiro atoms. The molecule has 0 N–H and O–H groups in total. The smallest absolute Gasteiger partial charge is 0.415 e.